The summed E-state index contributed by atoms with van der Waals surface area (Å²) in [5.74, 6) is 1.62. The number of nitrogens with zero attached hydrogens (tertiary/aromatic N) is 2. The maximum Gasteiger partial charge on any atom is 0.135 e. The van der Waals surface area contributed by atoms with Crippen molar-refractivity contribution >= 4 is 43.4 Å². The summed E-state index contributed by atoms with van der Waals surface area (Å²) in [5, 5.41) is 3.32. The molecule has 3 nitrogen and oxygen atoms in total. The topological polar surface area (TPSA) is 37.8 Å². The second kappa shape index (κ2) is 5.80. The van der Waals surface area contributed by atoms with Crippen LogP contribution in [0.25, 0.3) is 0 Å². The van der Waals surface area contributed by atoms with Crippen LogP contribution in [0.15, 0.2) is 33.3 Å². The van der Waals surface area contributed by atoms with E-state index in [2.05, 4.69) is 54.1 Å². The molecular weight excluding hydrogens is 358 g/mol. The van der Waals surface area contributed by atoms with Gasteiger partial charge in [-0.3, -0.25) is 0 Å². The van der Waals surface area contributed by atoms with E-state index < -0.39 is 0 Å². The molecule has 94 valence electrons. The van der Waals surface area contributed by atoms with Gasteiger partial charge in [0.2, 0.25) is 0 Å². The molecule has 0 unspecified atom stereocenters. The van der Waals surface area contributed by atoms with Crippen molar-refractivity contribution < 1.29 is 0 Å². The Morgan fingerprint density at radius 3 is 2.72 bits per heavy atom. The molecule has 1 heterocycles. The minimum Gasteiger partial charge on any atom is -0.340 e. The number of hydrogen-bond donors (Lipinski definition) is 1. The number of aryl methyl sites for hydroxylation is 1. The van der Waals surface area contributed by atoms with E-state index in [-0.39, 0.29) is 0 Å². The van der Waals surface area contributed by atoms with E-state index in [0.29, 0.717) is 0 Å². The summed E-state index contributed by atoms with van der Waals surface area (Å²) in [6.07, 6.45) is 0.811. The van der Waals surface area contributed by atoms with Crippen LogP contribution >= 0.6 is 31.9 Å². The Bertz CT molecular complexity index is 570. The van der Waals surface area contributed by atoms with Crippen molar-refractivity contribution in [3.8, 4) is 0 Å². The van der Waals surface area contributed by atoms with Crippen LogP contribution < -0.4 is 5.32 Å². The monoisotopic (exact) mass is 369 g/mol. The third kappa shape index (κ3) is 3.09. The first-order valence-electron chi connectivity index (χ1n) is 5.65. The molecule has 0 spiro atoms. The first-order valence-corrected chi connectivity index (χ1v) is 7.24. The number of nitrogens with one attached hydrogen (secondary N) is 1. The minimum atomic E-state index is 0.796. The third-order valence-corrected chi connectivity index (χ3v) is 3.85. The maximum absolute atomic E-state index is 4.45. The standard InChI is InChI=1S/C13H13Br2N3/c1-3-12-17-11(15)7-13(18-12)16-10-6-4-5-9(14)8(10)2/h4-7H,3H2,1-2H3,(H,16,17,18). The van der Waals surface area contributed by atoms with Crippen molar-refractivity contribution in [1.29, 1.82) is 0 Å². The van der Waals surface area contributed by atoms with Crippen LogP contribution in [-0.4, -0.2) is 9.97 Å². The Labute approximate surface area is 123 Å². The van der Waals surface area contributed by atoms with E-state index in [0.717, 1.165) is 38.4 Å². The zero-order valence-corrected chi connectivity index (χ0v) is 13.3. The van der Waals surface area contributed by atoms with Crippen molar-refractivity contribution in [2.24, 2.45) is 0 Å². The molecule has 18 heavy (non-hydrogen) atoms. The highest BCUT2D eigenvalue weighted by molar-refractivity contribution is 9.10. The maximum atomic E-state index is 4.45. The number of rotatable bonds is 3. The molecule has 0 saturated heterocycles. The summed E-state index contributed by atoms with van der Waals surface area (Å²) >= 11 is 6.92. The van der Waals surface area contributed by atoms with E-state index in [1.165, 1.54) is 0 Å². The van der Waals surface area contributed by atoms with Crippen LogP contribution in [0.2, 0.25) is 0 Å². The second-order valence-corrected chi connectivity index (χ2v) is 5.55. The lowest BCUT2D eigenvalue weighted by molar-refractivity contribution is 0.931. The van der Waals surface area contributed by atoms with Crippen molar-refractivity contribution in [2.75, 3.05) is 5.32 Å². The summed E-state index contributed by atoms with van der Waals surface area (Å²) in [4.78, 5) is 8.74. The van der Waals surface area contributed by atoms with Crippen molar-refractivity contribution in [2.45, 2.75) is 20.3 Å². The number of halogens is 2. The molecule has 2 rings (SSSR count). The van der Waals surface area contributed by atoms with Crippen LogP contribution in [0.1, 0.15) is 18.3 Å². The number of hydrogen-bond acceptors (Lipinski definition) is 3. The van der Waals surface area contributed by atoms with E-state index in [1.54, 1.807) is 0 Å². The summed E-state index contributed by atoms with van der Waals surface area (Å²) in [7, 11) is 0. The zero-order valence-electron chi connectivity index (χ0n) is 10.2. The summed E-state index contributed by atoms with van der Waals surface area (Å²) in [5.41, 5.74) is 2.20. The number of benzene rings is 1. The first-order chi connectivity index (χ1) is 8.60. The average molecular weight is 371 g/mol. The Balaban J connectivity index is 2.34. The average Bonchev–Trinajstić information content (AvgIpc) is 2.34. The van der Waals surface area contributed by atoms with Gasteiger partial charge in [-0.05, 0) is 40.5 Å². The van der Waals surface area contributed by atoms with E-state index in [1.807, 2.05) is 31.2 Å². The Hall–Kier alpha value is -0.940. The third-order valence-electron chi connectivity index (χ3n) is 2.59. The minimum absolute atomic E-state index is 0.796. The lowest BCUT2D eigenvalue weighted by Gasteiger charge is -2.11. The van der Waals surface area contributed by atoms with Crippen molar-refractivity contribution in [3.63, 3.8) is 0 Å². The second-order valence-electron chi connectivity index (χ2n) is 3.88. The molecule has 1 N–H and O–H groups in total. The number of aromatic nitrogens is 2. The molecular formula is C13H13Br2N3. The Morgan fingerprint density at radius 1 is 1.22 bits per heavy atom. The molecule has 1 aromatic carbocycles. The summed E-state index contributed by atoms with van der Waals surface area (Å²) in [6.45, 7) is 4.10. The van der Waals surface area contributed by atoms with Gasteiger partial charge in [0, 0.05) is 22.6 Å². The van der Waals surface area contributed by atoms with Gasteiger partial charge in [-0.1, -0.05) is 28.9 Å². The molecule has 5 heteroatoms. The van der Waals surface area contributed by atoms with Gasteiger partial charge in [-0.25, -0.2) is 9.97 Å². The molecule has 1 aromatic heterocycles. The van der Waals surface area contributed by atoms with Crippen LogP contribution in [0.3, 0.4) is 0 Å². The fourth-order valence-corrected chi connectivity index (χ4v) is 2.36. The van der Waals surface area contributed by atoms with Crippen LogP contribution in [-0.2, 0) is 6.42 Å². The predicted molar refractivity (Wildman–Crippen MR) is 81.3 cm³/mol. The Kier molecular flexibility index (Phi) is 4.35. The molecule has 0 saturated carbocycles. The smallest absolute Gasteiger partial charge is 0.135 e. The van der Waals surface area contributed by atoms with Crippen molar-refractivity contribution in [1.82, 2.24) is 9.97 Å². The van der Waals surface area contributed by atoms with Crippen LogP contribution in [0, 0.1) is 6.92 Å². The quantitative estimate of drug-likeness (QED) is 0.801. The molecule has 0 aliphatic rings. The molecule has 2 aromatic rings. The lowest BCUT2D eigenvalue weighted by Crippen LogP contribution is -2.01. The highest BCUT2D eigenvalue weighted by Crippen LogP contribution is 2.26. The van der Waals surface area contributed by atoms with E-state index in [9.17, 15) is 0 Å². The van der Waals surface area contributed by atoms with Gasteiger partial charge in [0.1, 0.15) is 16.2 Å². The van der Waals surface area contributed by atoms with Crippen molar-refractivity contribution in [3.05, 3.63) is 44.7 Å². The van der Waals surface area contributed by atoms with Gasteiger partial charge < -0.3 is 5.32 Å². The molecule has 0 radical (unpaired) electrons. The van der Waals surface area contributed by atoms with Gasteiger partial charge in [-0.15, -0.1) is 0 Å². The molecule has 0 aliphatic carbocycles. The molecule has 0 amide bonds. The Morgan fingerprint density at radius 2 is 2.00 bits per heavy atom. The fourth-order valence-electron chi connectivity index (χ4n) is 1.57. The van der Waals surface area contributed by atoms with Gasteiger partial charge in [0.05, 0.1) is 0 Å². The van der Waals surface area contributed by atoms with Gasteiger partial charge in [0.25, 0.3) is 0 Å². The SMILES string of the molecule is CCc1nc(Br)cc(Nc2cccc(Br)c2C)n1. The van der Waals surface area contributed by atoms with Gasteiger partial charge in [0.15, 0.2) is 0 Å². The largest absolute Gasteiger partial charge is 0.340 e. The molecule has 0 atom stereocenters. The molecule has 0 aliphatic heterocycles. The van der Waals surface area contributed by atoms with Crippen LogP contribution in [0.4, 0.5) is 11.5 Å². The van der Waals surface area contributed by atoms with E-state index >= 15 is 0 Å². The fraction of sp³-hybridized carbons (Fsp3) is 0.231. The first kappa shape index (κ1) is 13.5. The summed E-state index contributed by atoms with van der Waals surface area (Å²) in [6, 6.07) is 7.92. The molecule has 0 bridgehead atoms. The van der Waals surface area contributed by atoms with Gasteiger partial charge >= 0.3 is 0 Å². The van der Waals surface area contributed by atoms with E-state index in [4.69, 9.17) is 0 Å². The van der Waals surface area contributed by atoms with Gasteiger partial charge in [-0.2, -0.15) is 0 Å². The van der Waals surface area contributed by atoms with Crippen LogP contribution in [0.5, 0.6) is 0 Å². The normalized spacial score (nSPS) is 10.4. The summed E-state index contributed by atoms with van der Waals surface area (Å²) < 4.78 is 1.88. The predicted octanol–water partition coefficient (Wildman–Crippen LogP) is 4.62. The lowest BCUT2D eigenvalue weighted by atomic mass is 10.2. The number of anilines is 2. The molecule has 0 fully saturated rings. The highest BCUT2D eigenvalue weighted by Gasteiger charge is 2.05. The zero-order chi connectivity index (χ0) is 13.1. The highest BCUT2D eigenvalue weighted by atomic mass is 79.9.